The molecule has 20 heavy (non-hydrogen) atoms. The highest BCUT2D eigenvalue weighted by molar-refractivity contribution is 6.36. The highest BCUT2D eigenvalue weighted by Gasteiger charge is 2.27. The summed E-state index contributed by atoms with van der Waals surface area (Å²) >= 11 is 12.0. The molecule has 0 spiro atoms. The van der Waals surface area contributed by atoms with Crippen molar-refractivity contribution in [3.8, 4) is 0 Å². The van der Waals surface area contributed by atoms with Gasteiger partial charge >= 0.3 is 0 Å². The first kappa shape index (κ1) is 17.2. The largest absolute Gasteiger partial charge is 0.386 e. The molecule has 0 saturated carbocycles. The molecule has 0 fully saturated rings. The van der Waals surface area contributed by atoms with Gasteiger partial charge in [-0.1, -0.05) is 42.6 Å². The third kappa shape index (κ3) is 4.35. The van der Waals surface area contributed by atoms with Crippen LogP contribution < -0.4 is 11.1 Å². The van der Waals surface area contributed by atoms with Gasteiger partial charge in [0.25, 0.3) is 0 Å². The van der Waals surface area contributed by atoms with E-state index in [1.165, 1.54) is 0 Å². The summed E-state index contributed by atoms with van der Waals surface area (Å²) in [5.41, 5.74) is 5.37. The van der Waals surface area contributed by atoms with Crippen LogP contribution in [0.3, 0.4) is 0 Å². The van der Waals surface area contributed by atoms with Gasteiger partial charge in [0.1, 0.15) is 0 Å². The number of aliphatic hydroxyl groups is 1. The number of nitrogens with two attached hydrogens (primary N) is 1. The van der Waals surface area contributed by atoms with Crippen LogP contribution in [0.1, 0.15) is 38.4 Å². The minimum absolute atomic E-state index is 0.0127. The molecule has 0 aliphatic heterocycles. The first-order chi connectivity index (χ1) is 9.29. The first-order valence-corrected chi connectivity index (χ1v) is 7.24. The average Bonchev–Trinajstić information content (AvgIpc) is 2.35. The van der Waals surface area contributed by atoms with E-state index >= 15 is 0 Å². The Bertz CT molecular complexity index is 458. The van der Waals surface area contributed by atoms with Gasteiger partial charge in [0.05, 0.1) is 11.6 Å². The number of halogens is 2. The van der Waals surface area contributed by atoms with E-state index in [2.05, 4.69) is 5.32 Å². The Morgan fingerprint density at radius 3 is 2.50 bits per heavy atom. The second-order valence-electron chi connectivity index (χ2n) is 5.03. The van der Waals surface area contributed by atoms with Crippen molar-refractivity contribution in [1.82, 2.24) is 5.32 Å². The lowest BCUT2D eigenvalue weighted by atomic mass is 9.96. The van der Waals surface area contributed by atoms with Gasteiger partial charge in [0.15, 0.2) is 0 Å². The van der Waals surface area contributed by atoms with E-state index in [1.807, 2.05) is 6.92 Å². The fourth-order valence-electron chi connectivity index (χ4n) is 1.96. The maximum atomic E-state index is 11.9. The molecule has 1 rings (SSSR count). The van der Waals surface area contributed by atoms with Crippen LogP contribution in [0.25, 0.3) is 0 Å². The van der Waals surface area contributed by atoms with Crippen molar-refractivity contribution in [2.75, 3.05) is 6.54 Å². The second kappa shape index (κ2) is 7.27. The fourth-order valence-corrected chi connectivity index (χ4v) is 2.60. The number of rotatable bonds is 6. The third-order valence-corrected chi connectivity index (χ3v) is 3.74. The molecule has 1 amide bonds. The van der Waals surface area contributed by atoms with E-state index in [0.29, 0.717) is 22.0 Å². The number of amides is 1. The Morgan fingerprint density at radius 1 is 1.45 bits per heavy atom. The van der Waals surface area contributed by atoms with Gasteiger partial charge in [0, 0.05) is 22.2 Å². The molecule has 4 N–H and O–H groups in total. The van der Waals surface area contributed by atoms with Gasteiger partial charge in [-0.25, -0.2) is 0 Å². The zero-order valence-electron chi connectivity index (χ0n) is 11.6. The van der Waals surface area contributed by atoms with Crippen LogP contribution in [-0.2, 0) is 4.79 Å². The van der Waals surface area contributed by atoms with Crippen molar-refractivity contribution >= 4 is 29.1 Å². The maximum absolute atomic E-state index is 11.9. The summed E-state index contributed by atoms with van der Waals surface area (Å²) < 4.78 is 0. The molecule has 2 unspecified atom stereocenters. The number of hydrogen-bond donors (Lipinski definition) is 3. The van der Waals surface area contributed by atoms with Gasteiger partial charge in [-0.2, -0.15) is 0 Å². The molecule has 112 valence electrons. The lowest BCUT2D eigenvalue weighted by molar-refractivity contribution is -0.126. The van der Waals surface area contributed by atoms with Crippen molar-refractivity contribution < 1.29 is 9.90 Å². The number of carbonyl (C=O) groups excluding carboxylic acids is 1. The van der Waals surface area contributed by atoms with Gasteiger partial charge in [-0.05, 0) is 25.5 Å². The van der Waals surface area contributed by atoms with E-state index in [1.54, 1.807) is 25.1 Å². The standard InChI is InChI=1S/C14H20Cl2N2O2/c1-3-7-14(2,17)13(20)18-8-11(19)12-9(15)5-4-6-10(12)16/h4-6,11,19H,3,7-8,17H2,1-2H3,(H,18,20). The average molecular weight is 319 g/mol. The lowest BCUT2D eigenvalue weighted by Crippen LogP contribution is -2.52. The predicted octanol–water partition coefficient (Wildman–Crippen LogP) is 2.66. The molecule has 4 nitrogen and oxygen atoms in total. The van der Waals surface area contributed by atoms with Crippen LogP contribution in [0, 0.1) is 0 Å². The highest BCUT2D eigenvalue weighted by Crippen LogP contribution is 2.29. The zero-order valence-corrected chi connectivity index (χ0v) is 13.1. The molecule has 0 aliphatic carbocycles. The summed E-state index contributed by atoms with van der Waals surface area (Å²) in [5.74, 6) is -0.304. The number of carbonyl (C=O) groups is 1. The normalized spacial score (nSPS) is 15.5. The Labute approximate surface area is 129 Å². The van der Waals surface area contributed by atoms with Crippen LogP contribution in [0.5, 0.6) is 0 Å². The van der Waals surface area contributed by atoms with Gasteiger partial charge in [-0.15, -0.1) is 0 Å². The van der Waals surface area contributed by atoms with Crippen molar-refractivity contribution in [3.63, 3.8) is 0 Å². The smallest absolute Gasteiger partial charge is 0.239 e. The highest BCUT2D eigenvalue weighted by atomic mass is 35.5. The number of nitrogens with one attached hydrogen (secondary N) is 1. The van der Waals surface area contributed by atoms with Crippen LogP contribution >= 0.6 is 23.2 Å². The van der Waals surface area contributed by atoms with Crippen molar-refractivity contribution in [1.29, 1.82) is 0 Å². The molecular formula is C14H20Cl2N2O2. The Balaban J connectivity index is 2.68. The predicted molar refractivity (Wildman–Crippen MR) is 81.9 cm³/mol. The number of benzene rings is 1. The summed E-state index contributed by atoms with van der Waals surface area (Å²) in [5, 5.41) is 13.5. The summed E-state index contributed by atoms with van der Waals surface area (Å²) in [6, 6.07) is 4.97. The summed E-state index contributed by atoms with van der Waals surface area (Å²) in [7, 11) is 0. The minimum Gasteiger partial charge on any atom is -0.386 e. The summed E-state index contributed by atoms with van der Waals surface area (Å²) in [6.07, 6.45) is 0.402. The van der Waals surface area contributed by atoms with Crippen molar-refractivity contribution in [2.45, 2.75) is 38.3 Å². The van der Waals surface area contributed by atoms with Crippen LogP contribution in [0.2, 0.25) is 10.0 Å². The van der Waals surface area contributed by atoms with E-state index < -0.39 is 11.6 Å². The fraction of sp³-hybridized carbons (Fsp3) is 0.500. The molecule has 1 aromatic carbocycles. The topological polar surface area (TPSA) is 75.4 Å². The summed E-state index contributed by atoms with van der Waals surface area (Å²) in [6.45, 7) is 3.64. The first-order valence-electron chi connectivity index (χ1n) is 6.48. The molecule has 1 aromatic rings. The molecule has 0 saturated heterocycles. The number of aliphatic hydroxyl groups excluding tert-OH is 1. The Hall–Kier alpha value is -0.810. The minimum atomic E-state index is -0.974. The van der Waals surface area contributed by atoms with Gasteiger partial charge < -0.3 is 16.2 Å². The van der Waals surface area contributed by atoms with Crippen LogP contribution in [-0.4, -0.2) is 23.1 Å². The van der Waals surface area contributed by atoms with E-state index in [-0.39, 0.29) is 12.5 Å². The van der Waals surface area contributed by atoms with E-state index in [4.69, 9.17) is 28.9 Å². The molecule has 0 aliphatic rings. The molecule has 0 bridgehead atoms. The molecule has 0 heterocycles. The molecule has 2 atom stereocenters. The monoisotopic (exact) mass is 318 g/mol. The maximum Gasteiger partial charge on any atom is 0.239 e. The Morgan fingerprint density at radius 2 is 2.00 bits per heavy atom. The van der Waals surface area contributed by atoms with E-state index in [0.717, 1.165) is 6.42 Å². The molecular weight excluding hydrogens is 299 g/mol. The summed E-state index contributed by atoms with van der Waals surface area (Å²) in [4.78, 5) is 11.9. The van der Waals surface area contributed by atoms with Crippen LogP contribution in [0.4, 0.5) is 0 Å². The Kier molecular flexibility index (Phi) is 6.27. The molecule has 6 heteroatoms. The third-order valence-electron chi connectivity index (χ3n) is 3.08. The van der Waals surface area contributed by atoms with Gasteiger partial charge in [0.2, 0.25) is 5.91 Å². The second-order valence-corrected chi connectivity index (χ2v) is 5.84. The van der Waals surface area contributed by atoms with Crippen LogP contribution in [0.15, 0.2) is 18.2 Å². The van der Waals surface area contributed by atoms with Crippen molar-refractivity contribution in [2.24, 2.45) is 5.73 Å². The lowest BCUT2D eigenvalue weighted by Gasteiger charge is -2.24. The van der Waals surface area contributed by atoms with E-state index in [9.17, 15) is 9.90 Å². The zero-order chi connectivity index (χ0) is 15.3. The van der Waals surface area contributed by atoms with Gasteiger partial charge in [-0.3, -0.25) is 4.79 Å². The molecule has 0 aromatic heterocycles. The molecule has 0 radical (unpaired) electrons. The number of hydrogen-bond acceptors (Lipinski definition) is 3. The quantitative estimate of drug-likeness (QED) is 0.754. The SMILES string of the molecule is CCCC(C)(N)C(=O)NCC(O)c1c(Cl)cccc1Cl. The van der Waals surface area contributed by atoms with Crippen molar-refractivity contribution in [3.05, 3.63) is 33.8 Å².